The van der Waals surface area contributed by atoms with E-state index in [1.807, 2.05) is 0 Å². The van der Waals surface area contributed by atoms with Crippen molar-refractivity contribution < 1.29 is 0 Å². The monoisotopic (exact) mass is 663 g/mol. The van der Waals surface area contributed by atoms with Crippen LogP contribution in [0.3, 0.4) is 0 Å². The molecule has 0 radical (unpaired) electrons. The zero-order valence-corrected chi connectivity index (χ0v) is 29.6. The predicted octanol–water partition coefficient (Wildman–Crippen LogP) is 14.6. The summed E-state index contributed by atoms with van der Waals surface area (Å²) in [5, 5.41) is 12.9. The number of benzene rings is 10. The summed E-state index contributed by atoms with van der Waals surface area (Å²) in [5.74, 6) is 0. The fourth-order valence-electron chi connectivity index (χ4n) is 8.80. The van der Waals surface area contributed by atoms with E-state index in [0.29, 0.717) is 0 Å². The maximum atomic E-state index is 2.44. The Kier molecular flexibility index (Phi) is 6.91. The third-order valence-corrected chi connectivity index (χ3v) is 11.0. The van der Waals surface area contributed by atoms with E-state index in [2.05, 4.69) is 196 Å². The molecule has 0 bridgehead atoms. The van der Waals surface area contributed by atoms with Gasteiger partial charge in [-0.2, -0.15) is 0 Å². The van der Waals surface area contributed by atoms with Crippen LogP contribution in [0.1, 0.15) is 16.7 Å². The maximum absolute atomic E-state index is 2.44. The average Bonchev–Trinajstić information content (AvgIpc) is 3.18. The molecule has 0 saturated heterocycles. The molecule has 10 aromatic carbocycles. The Hall–Kier alpha value is -6.44. The molecule has 0 spiro atoms. The highest BCUT2D eigenvalue weighted by atomic mass is 15.1. The Morgan fingerprint density at radius 1 is 0.346 bits per heavy atom. The van der Waals surface area contributed by atoms with Crippen LogP contribution in [0.5, 0.6) is 0 Å². The molecule has 0 unspecified atom stereocenters. The van der Waals surface area contributed by atoms with Crippen LogP contribution >= 0.6 is 0 Å². The number of anilines is 3. The van der Waals surface area contributed by atoms with E-state index in [9.17, 15) is 0 Å². The Bertz CT molecular complexity index is 2880. The first kappa shape index (κ1) is 30.4. The number of hydrogen-bond acceptors (Lipinski definition) is 1. The van der Waals surface area contributed by atoms with Crippen LogP contribution in [0.2, 0.25) is 0 Å². The topological polar surface area (TPSA) is 3.24 Å². The van der Waals surface area contributed by atoms with Gasteiger partial charge in [-0.15, -0.1) is 0 Å². The van der Waals surface area contributed by atoms with E-state index in [1.165, 1.54) is 98.5 Å². The van der Waals surface area contributed by atoms with E-state index in [1.54, 1.807) is 0 Å². The molecule has 1 nitrogen and oxygen atoms in total. The zero-order valence-electron chi connectivity index (χ0n) is 29.6. The van der Waals surface area contributed by atoms with Crippen molar-refractivity contribution in [1.29, 1.82) is 0 Å². The van der Waals surface area contributed by atoms with E-state index in [-0.39, 0.29) is 0 Å². The van der Waals surface area contributed by atoms with Gasteiger partial charge in [0.05, 0.1) is 5.69 Å². The highest BCUT2D eigenvalue weighted by Crippen LogP contribution is 2.49. The van der Waals surface area contributed by atoms with Crippen LogP contribution in [0.4, 0.5) is 17.1 Å². The van der Waals surface area contributed by atoms with Crippen LogP contribution in [-0.2, 0) is 0 Å². The van der Waals surface area contributed by atoms with Crippen molar-refractivity contribution in [2.75, 3.05) is 4.90 Å². The number of para-hydroxylation sites is 2. The van der Waals surface area contributed by atoms with E-state index in [4.69, 9.17) is 0 Å². The third kappa shape index (κ3) is 4.63. The van der Waals surface area contributed by atoms with E-state index < -0.39 is 0 Å². The number of aryl methyl sites for hydroxylation is 3. The molecule has 246 valence electrons. The first-order valence-corrected chi connectivity index (χ1v) is 18.2. The van der Waals surface area contributed by atoms with Gasteiger partial charge < -0.3 is 4.90 Å². The molecule has 10 aromatic rings. The Balaban J connectivity index is 1.24. The fraction of sp³-hybridized carbons (Fsp3) is 0.0588. The minimum atomic E-state index is 1.14. The van der Waals surface area contributed by atoms with Gasteiger partial charge >= 0.3 is 0 Å². The molecular formula is C51H37N. The lowest BCUT2D eigenvalue weighted by molar-refractivity contribution is 1.31. The van der Waals surface area contributed by atoms with Crippen molar-refractivity contribution in [3.05, 3.63) is 187 Å². The van der Waals surface area contributed by atoms with Gasteiger partial charge in [0.1, 0.15) is 0 Å². The van der Waals surface area contributed by atoms with E-state index >= 15 is 0 Å². The number of hydrogen-bond donors (Lipinski definition) is 0. The van der Waals surface area contributed by atoms with Gasteiger partial charge in [-0.3, -0.25) is 0 Å². The number of nitrogens with zero attached hydrogens (tertiary/aromatic N) is 1. The molecule has 10 rings (SSSR count). The molecule has 0 atom stereocenters. The van der Waals surface area contributed by atoms with Crippen molar-refractivity contribution in [2.24, 2.45) is 0 Å². The largest absolute Gasteiger partial charge is 0.309 e. The van der Waals surface area contributed by atoms with Crippen LogP contribution in [-0.4, -0.2) is 0 Å². The molecule has 0 fully saturated rings. The lowest BCUT2D eigenvalue weighted by atomic mass is 9.84. The lowest BCUT2D eigenvalue weighted by Crippen LogP contribution is -2.11. The molecule has 0 amide bonds. The molecule has 0 saturated carbocycles. The van der Waals surface area contributed by atoms with Crippen LogP contribution in [0.15, 0.2) is 170 Å². The normalized spacial score (nSPS) is 11.8. The number of fused-ring (bicyclic) bond motifs is 2. The molecule has 0 aliphatic heterocycles. The quantitative estimate of drug-likeness (QED) is 0.131. The standard InChI is InChI=1S/C51H37N/c1-32-27-36-26-25-35-15-14-24-42-47(31-37(28-32)48(36)49(35)42)45-29-34(3)46(30-33(45)2)50-40-20-10-12-22-43(40)51(44-23-13-11-21-41(44)50)52(38-16-6-4-7-17-38)39-18-8-5-9-19-39/h4-31H,1-3H3. The molecule has 0 aromatic heterocycles. The van der Waals surface area contributed by atoms with Crippen molar-refractivity contribution in [2.45, 2.75) is 20.8 Å². The Morgan fingerprint density at radius 2 is 0.865 bits per heavy atom. The minimum absolute atomic E-state index is 1.14. The summed E-state index contributed by atoms with van der Waals surface area (Å²) < 4.78 is 0. The lowest BCUT2D eigenvalue weighted by Gasteiger charge is -2.29. The van der Waals surface area contributed by atoms with E-state index in [0.717, 1.165) is 11.4 Å². The van der Waals surface area contributed by atoms with Gasteiger partial charge in [0.15, 0.2) is 0 Å². The summed E-state index contributed by atoms with van der Waals surface area (Å²) in [4.78, 5) is 2.42. The van der Waals surface area contributed by atoms with Crippen molar-refractivity contribution in [3.8, 4) is 22.3 Å². The summed E-state index contributed by atoms with van der Waals surface area (Å²) in [7, 11) is 0. The second kappa shape index (κ2) is 11.8. The molecule has 0 aliphatic carbocycles. The first-order chi connectivity index (χ1) is 25.5. The van der Waals surface area contributed by atoms with Gasteiger partial charge in [-0.05, 0) is 133 Å². The van der Waals surface area contributed by atoms with Gasteiger partial charge in [-0.25, -0.2) is 0 Å². The van der Waals surface area contributed by atoms with Gasteiger partial charge in [0, 0.05) is 22.1 Å². The molecule has 0 N–H and O–H groups in total. The van der Waals surface area contributed by atoms with Crippen LogP contribution in [0.25, 0.3) is 76.1 Å². The Labute approximate surface area is 304 Å². The zero-order chi connectivity index (χ0) is 34.9. The summed E-state index contributed by atoms with van der Waals surface area (Å²) in [6, 6.07) is 62.7. The van der Waals surface area contributed by atoms with Crippen LogP contribution < -0.4 is 4.90 Å². The van der Waals surface area contributed by atoms with Crippen molar-refractivity contribution in [1.82, 2.24) is 0 Å². The molecule has 52 heavy (non-hydrogen) atoms. The predicted molar refractivity (Wildman–Crippen MR) is 225 cm³/mol. The molecule has 0 aliphatic rings. The summed E-state index contributed by atoms with van der Waals surface area (Å²) >= 11 is 0. The van der Waals surface area contributed by atoms with Crippen LogP contribution in [0, 0.1) is 20.8 Å². The third-order valence-electron chi connectivity index (χ3n) is 11.0. The minimum Gasteiger partial charge on any atom is -0.309 e. The summed E-state index contributed by atoms with van der Waals surface area (Å²) in [6.45, 7) is 6.78. The highest BCUT2D eigenvalue weighted by Gasteiger charge is 2.23. The summed E-state index contributed by atoms with van der Waals surface area (Å²) in [6.07, 6.45) is 0. The molecular weight excluding hydrogens is 627 g/mol. The second-order valence-corrected chi connectivity index (χ2v) is 14.3. The van der Waals surface area contributed by atoms with Gasteiger partial charge in [0.2, 0.25) is 0 Å². The van der Waals surface area contributed by atoms with Crippen molar-refractivity contribution >= 4 is 70.9 Å². The van der Waals surface area contributed by atoms with Crippen molar-refractivity contribution in [3.63, 3.8) is 0 Å². The van der Waals surface area contributed by atoms with Gasteiger partial charge in [-0.1, -0.05) is 140 Å². The maximum Gasteiger partial charge on any atom is 0.0618 e. The smallest absolute Gasteiger partial charge is 0.0618 e. The average molecular weight is 664 g/mol. The molecule has 0 heterocycles. The van der Waals surface area contributed by atoms with Gasteiger partial charge in [0.25, 0.3) is 0 Å². The second-order valence-electron chi connectivity index (χ2n) is 14.3. The Morgan fingerprint density at radius 3 is 1.52 bits per heavy atom. The highest BCUT2D eigenvalue weighted by molar-refractivity contribution is 6.27. The number of rotatable bonds is 5. The summed E-state index contributed by atoms with van der Waals surface area (Å²) in [5.41, 5.74) is 12.5. The first-order valence-electron chi connectivity index (χ1n) is 18.2. The fourth-order valence-corrected chi connectivity index (χ4v) is 8.80. The molecule has 1 heteroatoms. The SMILES string of the molecule is Cc1cc2ccc3cccc4c(-c5cc(C)c(-c6c7ccccc7c(N(c7ccccc7)c7ccccc7)c7ccccc67)cc5C)cc(c1)c2c34.